The van der Waals surface area contributed by atoms with E-state index < -0.39 is 0 Å². The molecule has 1 aromatic carbocycles. The van der Waals surface area contributed by atoms with Crippen LogP contribution in [-0.2, 0) is 6.42 Å². The van der Waals surface area contributed by atoms with Gasteiger partial charge in [-0.25, -0.2) is 9.97 Å². The van der Waals surface area contributed by atoms with Crippen molar-refractivity contribution in [3.63, 3.8) is 0 Å². The second-order valence-electron chi connectivity index (χ2n) is 6.80. The maximum Gasteiger partial charge on any atom is 0.237 e. The molecule has 150 valence electrons. The lowest BCUT2D eigenvalue weighted by molar-refractivity contribution is 0.311. The Kier molecular flexibility index (Phi) is 5.76. The summed E-state index contributed by atoms with van der Waals surface area (Å²) >= 11 is 0. The van der Waals surface area contributed by atoms with Gasteiger partial charge in [-0.05, 0) is 19.2 Å². The molecule has 9 nitrogen and oxygen atoms in total. The molecule has 9 heteroatoms. The van der Waals surface area contributed by atoms with Gasteiger partial charge in [-0.15, -0.1) is 0 Å². The zero-order chi connectivity index (χ0) is 20.1. The van der Waals surface area contributed by atoms with Gasteiger partial charge < -0.3 is 19.9 Å². The van der Waals surface area contributed by atoms with Crippen LogP contribution < -0.4 is 15.0 Å². The molecule has 0 bridgehead atoms. The van der Waals surface area contributed by atoms with Crippen molar-refractivity contribution in [1.29, 1.82) is 0 Å². The molecule has 0 radical (unpaired) electrons. The maximum atomic E-state index is 5.67. The Bertz CT molecular complexity index is 927. The minimum Gasteiger partial charge on any atom is -0.438 e. The Morgan fingerprint density at radius 2 is 1.76 bits per heavy atom. The summed E-state index contributed by atoms with van der Waals surface area (Å²) < 4.78 is 5.67. The molecule has 4 rings (SSSR count). The molecule has 0 atom stereocenters. The maximum absolute atomic E-state index is 5.67. The zero-order valence-corrected chi connectivity index (χ0v) is 16.6. The van der Waals surface area contributed by atoms with Crippen LogP contribution in [0.3, 0.4) is 0 Å². The number of para-hydroxylation sites is 1. The van der Waals surface area contributed by atoms with Crippen LogP contribution in [0, 0.1) is 0 Å². The molecule has 1 saturated heterocycles. The Hall–Kier alpha value is -3.33. The smallest absolute Gasteiger partial charge is 0.237 e. The van der Waals surface area contributed by atoms with Crippen molar-refractivity contribution in [2.45, 2.75) is 13.3 Å². The first-order valence-electron chi connectivity index (χ1n) is 9.70. The SMILES string of the molecule is CCc1nc(Nc2cnc(Oc3ccccc3)cn2)nc(N2CCN(C)CC2)n1. The molecule has 1 fully saturated rings. The Morgan fingerprint density at radius 3 is 2.45 bits per heavy atom. The summed E-state index contributed by atoms with van der Waals surface area (Å²) in [5.74, 6) is 3.59. The lowest BCUT2D eigenvalue weighted by Gasteiger charge is -2.32. The number of nitrogens with zero attached hydrogens (tertiary/aromatic N) is 7. The molecule has 0 unspecified atom stereocenters. The molecule has 3 aromatic rings. The standard InChI is InChI=1S/C20H24N8O/c1-3-16-23-19(26-20(25-16)28-11-9-27(2)10-12-28)24-17-13-22-18(14-21-17)29-15-7-5-4-6-8-15/h4-8,13-14H,3,9-12H2,1-2H3,(H,21,23,24,25,26). The number of aryl methyl sites for hydroxylation is 1. The van der Waals surface area contributed by atoms with Crippen LogP contribution in [-0.4, -0.2) is 63.0 Å². The summed E-state index contributed by atoms with van der Waals surface area (Å²) in [6, 6.07) is 9.47. The second kappa shape index (κ2) is 8.78. The van der Waals surface area contributed by atoms with Crippen molar-refractivity contribution in [2.24, 2.45) is 0 Å². The first kappa shape index (κ1) is 19.0. The highest BCUT2D eigenvalue weighted by molar-refractivity contribution is 5.49. The predicted molar refractivity (Wildman–Crippen MR) is 111 cm³/mol. The summed E-state index contributed by atoms with van der Waals surface area (Å²) in [5.41, 5.74) is 0. The van der Waals surface area contributed by atoms with E-state index in [0.717, 1.165) is 38.4 Å². The highest BCUT2D eigenvalue weighted by Gasteiger charge is 2.18. The fraction of sp³-hybridized carbons (Fsp3) is 0.350. The average Bonchev–Trinajstić information content (AvgIpc) is 2.76. The highest BCUT2D eigenvalue weighted by atomic mass is 16.5. The van der Waals surface area contributed by atoms with Crippen molar-refractivity contribution in [1.82, 2.24) is 29.8 Å². The number of hydrogen-bond acceptors (Lipinski definition) is 9. The lowest BCUT2D eigenvalue weighted by atomic mass is 10.3. The van der Waals surface area contributed by atoms with Gasteiger partial charge in [0.25, 0.3) is 0 Å². The molecular formula is C20H24N8O. The normalized spacial score (nSPS) is 14.6. The molecular weight excluding hydrogens is 368 g/mol. The number of nitrogens with one attached hydrogen (secondary N) is 1. The van der Waals surface area contributed by atoms with E-state index in [2.05, 4.69) is 47.1 Å². The molecule has 1 aliphatic heterocycles. The second-order valence-corrected chi connectivity index (χ2v) is 6.80. The van der Waals surface area contributed by atoms with E-state index in [4.69, 9.17) is 4.74 Å². The Morgan fingerprint density at radius 1 is 0.966 bits per heavy atom. The molecule has 2 aromatic heterocycles. The van der Waals surface area contributed by atoms with Gasteiger partial charge in [-0.2, -0.15) is 15.0 Å². The molecule has 0 saturated carbocycles. The summed E-state index contributed by atoms with van der Waals surface area (Å²) in [6.07, 6.45) is 3.90. The molecule has 0 spiro atoms. The van der Waals surface area contributed by atoms with Gasteiger partial charge in [0, 0.05) is 32.6 Å². The Balaban J connectivity index is 1.47. The fourth-order valence-corrected chi connectivity index (χ4v) is 2.93. The molecule has 1 aliphatic rings. The van der Waals surface area contributed by atoms with Crippen molar-refractivity contribution in [3.8, 4) is 11.6 Å². The number of rotatable bonds is 6. The molecule has 0 aliphatic carbocycles. The number of piperazine rings is 1. The molecule has 3 heterocycles. The van der Waals surface area contributed by atoms with Crippen LogP contribution in [0.2, 0.25) is 0 Å². The van der Waals surface area contributed by atoms with Crippen molar-refractivity contribution >= 4 is 17.7 Å². The van der Waals surface area contributed by atoms with Crippen molar-refractivity contribution in [3.05, 3.63) is 48.5 Å². The van der Waals surface area contributed by atoms with Crippen LogP contribution in [0.1, 0.15) is 12.7 Å². The number of hydrogen-bond donors (Lipinski definition) is 1. The minimum atomic E-state index is 0.421. The molecule has 29 heavy (non-hydrogen) atoms. The molecule has 0 amide bonds. The predicted octanol–water partition coefficient (Wildman–Crippen LogP) is 2.51. The number of benzene rings is 1. The van der Waals surface area contributed by atoms with Gasteiger partial charge in [0.05, 0.1) is 12.4 Å². The van der Waals surface area contributed by atoms with Gasteiger partial charge in [0.1, 0.15) is 11.6 Å². The van der Waals surface area contributed by atoms with E-state index in [0.29, 0.717) is 29.3 Å². The largest absolute Gasteiger partial charge is 0.438 e. The monoisotopic (exact) mass is 392 g/mol. The summed E-state index contributed by atoms with van der Waals surface area (Å²) in [7, 11) is 2.12. The number of ether oxygens (including phenoxy) is 1. The van der Waals surface area contributed by atoms with Crippen LogP contribution in [0.25, 0.3) is 0 Å². The first-order valence-corrected chi connectivity index (χ1v) is 9.70. The van der Waals surface area contributed by atoms with E-state index in [1.54, 1.807) is 12.4 Å². The van der Waals surface area contributed by atoms with Crippen molar-refractivity contribution in [2.75, 3.05) is 43.4 Å². The van der Waals surface area contributed by atoms with Crippen LogP contribution in [0.5, 0.6) is 11.6 Å². The molecule has 1 N–H and O–H groups in total. The van der Waals surface area contributed by atoms with Gasteiger partial charge >= 0.3 is 0 Å². The van der Waals surface area contributed by atoms with E-state index in [1.807, 2.05) is 37.3 Å². The quantitative estimate of drug-likeness (QED) is 0.679. The van der Waals surface area contributed by atoms with Gasteiger partial charge in [0.2, 0.25) is 17.8 Å². The average molecular weight is 392 g/mol. The number of aromatic nitrogens is 5. The summed E-state index contributed by atoms with van der Waals surface area (Å²) in [4.78, 5) is 26.8. The van der Waals surface area contributed by atoms with Crippen LogP contribution in [0.4, 0.5) is 17.7 Å². The third kappa shape index (κ3) is 4.94. The third-order valence-corrected chi connectivity index (χ3v) is 4.61. The Labute approximate surface area is 169 Å². The minimum absolute atomic E-state index is 0.421. The summed E-state index contributed by atoms with van der Waals surface area (Å²) in [5, 5.41) is 3.13. The van der Waals surface area contributed by atoms with Gasteiger partial charge in [-0.1, -0.05) is 25.1 Å². The van der Waals surface area contributed by atoms with Crippen molar-refractivity contribution < 1.29 is 4.74 Å². The van der Waals surface area contributed by atoms with Gasteiger partial charge in [-0.3, -0.25) is 0 Å². The van der Waals surface area contributed by atoms with Gasteiger partial charge in [0.15, 0.2) is 5.82 Å². The lowest BCUT2D eigenvalue weighted by Crippen LogP contribution is -2.45. The summed E-state index contributed by atoms with van der Waals surface area (Å²) in [6.45, 7) is 5.81. The number of likely N-dealkylation sites (N-methyl/N-ethyl adjacent to an activating group) is 1. The van der Waals surface area contributed by atoms with Crippen LogP contribution >= 0.6 is 0 Å². The fourth-order valence-electron chi connectivity index (χ4n) is 2.93. The van der Waals surface area contributed by atoms with E-state index in [1.165, 1.54) is 0 Å². The zero-order valence-electron chi connectivity index (χ0n) is 16.6. The highest BCUT2D eigenvalue weighted by Crippen LogP contribution is 2.20. The van der Waals surface area contributed by atoms with E-state index in [-0.39, 0.29) is 0 Å². The third-order valence-electron chi connectivity index (χ3n) is 4.61. The van der Waals surface area contributed by atoms with Crippen LogP contribution in [0.15, 0.2) is 42.7 Å². The number of anilines is 3. The first-order chi connectivity index (χ1) is 14.2. The topological polar surface area (TPSA) is 92.2 Å². The van der Waals surface area contributed by atoms with E-state index >= 15 is 0 Å². The van der Waals surface area contributed by atoms with E-state index in [9.17, 15) is 0 Å².